The van der Waals surface area contributed by atoms with Crippen molar-refractivity contribution in [2.75, 3.05) is 5.73 Å². The van der Waals surface area contributed by atoms with Crippen molar-refractivity contribution in [2.24, 2.45) is 0 Å². The molecule has 0 atom stereocenters. The molecular weight excluding hydrogens is 198 g/mol. The Labute approximate surface area is 85.5 Å². The lowest BCUT2D eigenvalue weighted by atomic mass is 10.2. The molecule has 0 amide bonds. The molecule has 72 valence electrons. The zero-order valence-electron chi connectivity index (χ0n) is 7.60. The maximum Gasteiger partial charge on any atom is 0.298 e. The SMILES string of the molecule is Cc1c(N)cccc1Oc1ncns1. The van der Waals surface area contributed by atoms with Crippen molar-refractivity contribution < 1.29 is 4.74 Å². The van der Waals surface area contributed by atoms with Gasteiger partial charge in [-0.2, -0.15) is 9.36 Å². The fourth-order valence-electron chi connectivity index (χ4n) is 1.04. The monoisotopic (exact) mass is 207 g/mol. The van der Waals surface area contributed by atoms with Gasteiger partial charge in [0.1, 0.15) is 12.1 Å². The quantitative estimate of drug-likeness (QED) is 0.767. The van der Waals surface area contributed by atoms with E-state index in [4.69, 9.17) is 10.5 Å². The van der Waals surface area contributed by atoms with E-state index < -0.39 is 0 Å². The highest BCUT2D eigenvalue weighted by Gasteiger charge is 2.05. The minimum absolute atomic E-state index is 0.527. The van der Waals surface area contributed by atoms with E-state index in [2.05, 4.69) is 9.36 Å². The summed E-state index contributed by atoms with van der Waals surface area (Å²) in [5, 5.41) is 0.527. The summed E-state index contributed by atoms with van der Waals surface area (Å²) in [6, 6.07) is 5.54. The van der Waals surface area contributed by atoms with E-state index in [0.717, 1.165) is 11.3 Å². The molecule has 1 heterocycles. The summed E-state index contributed by atoms with van der Waals surface area (Å²) in [4.78, 5) is 3.93. The van der Waals surface area contributed by atoms with Crippen LogP contribution in [0.15, 0.2) is 24.5 Å². The van der Waals surface area contributed by atoms with E-state index in [9.17, 15) is 0 Å². The zero-order chi connectivity index (χ0) is 9.97. The van der Waals surface area contributed by atoms with Gasteiger partial charge in [0, 0.05) is 22.8 Å². The Hall–Kier alpha value is -1.62. The molecular formula is C9H9N3OS. The summed E-state index contributed by atoms with van der Waals surface area (Å²) in [5.41, 5.74) is 7.37. The number of nitrogens with zero attached hydrogens (tertiary/aromatic N) is 2. The van der Waals surface area contributed by atoms with Crippen LogP contribution >= 0.6 is 11.5 Å². The van der Waals surface area contributed by atoms with Crippen molar-refractivity contribution >= 4 is 17.2 Å². The highest BCUT2D eigenvalue weighted by molar-refractivity contribution is 7.07. The van der Waals surface area contributed by atoms with Crippen LogP contribution in [-0.2, 0) is 0 Å². The van der Waals surface area contributed by atoms with Crippen LogP contribution in [0.3, 0.4) is 0 Å². The number of benzene rings is 1. The van der Waals surface area contributed by atoms with E-state index >= 15 is 0 Å². The third kappa shape index (κ3) is 1.67. The predicted molar refractivity (Wildman–Crippen MR) is 55.6 cm³/mol. The second kappa shape index (κ2) is 3.63. The van der Waals surface area contributed by atoms with E-state index in [1.54, 1.807) is 0 Å². The maximum absolute atomic E-state index is 5.74. The molecule has 5 heteroatoms. The molecule has 2 N–H and O–H groups in total. The Morgan fingerprint density at radius 2 is 2.29 bits per heavy atom. The summed E-state index contributed by atoms with van der Waals surface area (Å²) >= 11 is 1.21. The molecule has 0 bridgehead atoms. The molecule has 0 aliphatic heterocycles. The van der Waals surface area contributed by atoms with Gasteiger partial charge in [-0.05, 0) is 19.1 Å². The Morgan fingerprint density at radius 1 is 1.43 bits per heavy atom. The van der Waals surface area contributed by atoms with E-state index in [1.807, 2.05) is 25.1 Å². The van der Waals surface area contributed by atoms with Crippen LogP contribution in [0.4, 0.5) is 5.69 Å². The Balaban J connectivity index is 2.29. The minimum Gasteiger partial charge on any atom is -0.430 e. The Bertz CT molecular complexity index is 428. The number of hydrogen-bond donors (Lipinski definition) is 1. The molecule has 1 aromatic heterocycles. The first kappa shape index (κ1) is 8.96. The molecule has 0 aliphatic carbocycles. The van der Waals surface area contributed by atoms with Crippen LogP contribution in [-0.4, -0.2) is 9.36 Å². The van der Waals surface area contributed by atoms with E-state index in [-0.39, 0.29) is 0 Å². The standard InChI is InChI=1S/C9H9N3OS/c1-6-7(10)3-2-4-8(6)13-9-11-5-12-14-9/h2-5H,10H2,1H3. The molecule has 0 fully saturated rings. The number of anilines is 1. The first-order valence-corrected chi connectivity index (χ1v) is 4.84. The van der Waals surface area contributed by atoms with Gasteiger partial charge in [0.2, 0.25) is 0 Å². The molecule has 0 spiro atoms. The van der Waals surface area contributed by atoms with Crippen molar-refractivity contribution in [3.8, 4) is 10.9 Å². The van der Waals surface area contributed by atoms with Crippen LogP contribution in [0.2, 0.25) is 0 Å². The predicted octanol–water partition coefficient (Wildman–Crippen LogP) is 2.22. The van der Waals surface area contributed by atoms with Crippen molar-refractivity contribution in [2.45, 2.75) is 6.92 Å². The molecule has 2 aromatic rings. The first-order chi connectivity index (χ1) is 6.77. The highest BCUT2D eigenvalue weighted by atomic mass is 32.1. The molecule has 0 saturated heterocycles. The van der Waals surface area contributed by atoms with Crippen molar-refractivity contribution in [3.63, 3.8) is 0 Å². The van der Waals surface area contributed by atoms with Gasteiger partial charge in [0.05, 0.1) is 0 Å². The summed E-state index contributed by atoms with van der Waals surface area (Å²) in [7, 11) is 0. The van der Waals surface area contributed by atoms with Crippen LogP contribution in [0.25, 0.3) is 0 Å². The number of rotatable bonds is 2. The topological polar surface area (TPSA) is 61.0 Å². The number of aromatic nitrogens is 2. The number of nitrogen functional groups attached to an aromatic ring is 1. The summed E-state index contributed by atoms with van der Waals surface area (Å²) < 4.78 is 9.34. The fraction of sp³-hybridized carbons (Fsp3) is 0.111. The number of hydrogen-bond acceptors (Lipinski definition) is 5. The van der Waals surface area contributed by atoms with Crippen LogP contribution < -0.4 is 10.5 Å². The smallest absolute Gasteiger partial charge is 0.298 e. The first-order valence-electron chi connectivity index (χ1n) is 4.07. The van der Waals surface area contributed by atoms with Crippen molar-refractivity contribution in [1.82, 2.24) is 9.36 Å². The fourth-order valence-corrected chi connectivity index (χ4v) is 1.45. The largest absolute Gasteiger partial charge is 0.430 e. The Kier molecular flexibility index (Phi) is 2.32. The lowest BCUT2D eigenvalue weighted by Gasteiger charge is -2.06. The van der Waals surface area contributed by atoms with Crippen LogP contribution in [0, 0.1) is 6.92 Å². The van der Waals surface area contributed by atoms with Gasteiger partial charge in [-0.25, -0.2) is 0 Å². The average molecular weight is 207 g/mol. The van der Waals surface area contributed by atoms with Crippen molar-refractivity contribution in [3.05, 3.63) is 30.1 Å². The van der Waals surface area contributed by atoms with Gasteiger partial charge in [0.15, 0.2) is 0 Å². The van der Waals surface area contributed by atoms with Crippen LogP contribution in [0.5, 0.6) is 10.9 Å². The minimum atomic E-state index is 0.527. The molecule has 1 aromatic carbocycles. The maximum atomic E-state index is 5.74. The molecule has 0 radical (unpaired) electrons. The second-order valence-corrected chi connectivity index (χ2v) is 3.52. The highest BCUT2D eigenvalue weighted by Crippen LogP contribution is 2.28. The lowest BCUT2D eigenvalue weighted by Crippen LogP contribution is -1.92. The number of ether oxygens (including phenoxy) is 1. The van der Waals surface area contributed by atoms with Gasteiger partial charge >= 0.3 is 0 Å². The van der Waals surface area contributed by atoms with Gasteiger partial charge in [-0.1, -0.05) is 6.07 Å². The molecule has 4 nitrogen and oxygen atoms in total. The molecule has 2 rings (SSSR count). The normalized spacial score (nSPS) is 10.1. The number of nitrogens with two attached hydrogens (primary N) is 1. The Morgan fingerprint density at radius 3 is 3.00 bits per heavy atom. The molecule has 0 saturated carbocycles. The molecule has 14 heavy (non-hydrogen) atoms. The third-order valence-electron chi connectivity index (χ3n) is 1.86. The van der Waals surface area contributed by atoms with Gasteiger partial charge in [-0.15, -0.1) is 0 Å². The van der Waals surface area contributed by atoms with E-state index in [1.165, 1.54) is 17.9 Å². The second-order valence-electron chi connectivity index (χ2n) is 2.78. The summed E-state index contributed by atoms with van der Waals surface area (Å²) in [5.74, 6) is 0.724. The van der Waals surface area contributed by atoms with Gasteiger partial charge in [-0.3, -0.25) is 0 Å². The molecule has 0 aliphatic rings. The molecule has 0 unspecified atom stereocenters. The third-order valence-corrected chi connectivity index (χ3v) is 2.41. The van der Waals surface area contributed by atoms with Gasteiger partial charge < -0.3 is 10.5 Å². The van der Waals surface area contributed by atoms with E-state index in [0.29, 0.717) is 10.9 Å². The lowest BCUT2D eigenvalue weighted by molar-refractivity contribution is 0.475. The summed E-state index contributed by atoms with van der Waals surface area (Å²) in [6.45, 7) is 1.91. The average Bonchev–Trinajstić information content (AvgIpc) is 2.66. The van der Waals surface area contributed by atoms with Crippen molar-refractivity contribution in [1.29, 1.82) is 0 Å². The summed E-state index contributed by atoms with van der Waals surface area (Å²) in [6.07, 6.45) is 1.46. The zero-order valence-corrected chi connectivity index (χ0v) is 8.41. The van der Waals surface area contributed by atoms with Crippen LogP contribution in [0.1, 0.15) is 5.56 Å². The van der Waals surface area contributed by atoms with Gasteiger partial charge in [0.25, 0.3) is 5.19 Å².